The van der Waals surface area contributed by atoms with Crippen LogP contribution >= 0.6 is 0 Å². The van der Waals surface area contributed by atoms with Crippen LogP contribution in [-0.2, 0) is 4.74 Å². The molecule has 0 radical (unpaired) electrons. The fraction of sp³-hybridized carbons (Fsp3) is 0.905. The highest BCUT2D eigenvalue weighted by Crippen LogP contribution is 2.55. The quantitative estimate of drug-likeness (QED) is 0.772. The number of nitrogens with zero attached hydrogens (tertiary/aromatic N) is 1. The highest BCUT2D eigenvalue weighted by Gasteiger charge is 2.51. The van der Waals surface area contributed by atoms with Crippen LogP contribution in [0, 0.1) is 17.8 Å². The van der Waals surface area contributed by atoms with Crippen molar-refractivity contribution in [2.24, 2.45) is 17.8 Å². The van der Waals surface area contributed by atoms with Crippen molar-refractivity contribution in [2.45, 2.75) is 89.3 Å². The molecule has 5 fully saturated rings. The lowest BCUT2D eigenvalue weighted by Gasteiger charge is -2.56. The summed E-state index contributed by atoms with van der Waals surface area (Å²) in [6.45, 7) is 6.86. The van der Waals surface area contributed by atoms with E-state index in [-0.39, 0.29) is 23.7 Å². The van der Waals surface area contributed by atoms with Gasteiger partial charge in [0, 0.05) is 24.7 Å². The number of piperidine rings is 1. The highest BCUT2D eigenvalue weighted by atomic mass is 16.6. The minimum Gasteiger partial charge on any atom is -0.444 e. The third kappa shape index (κ3) is 4.35. The molecule has 3 amide bonds. The van der Waals surface area contributed by atoms with Crippen molar-refractivity contribution >= 4 is 12.1 Å². The van der Waals surface area contributed by atoms with Crippen LogP contribution in [0.3, 0.4) is 0 Å². The average molecular weight is 378 g/mol. The van der Waals surface area contributed by atoms with Gasteiger partial charge in [-0.1, -0.05) is 0 Å². The first-order chi connectivity index (χ1) is 12.7. The molecule has 1 unspecified atom stereocenters. The molecule has 4 saturated carbocycles. The second kappa shape index (κ2) is 6.85. The first kappa shape index (κ1) is 18.9. The van der Waals surface area contributed by atoms with E-state index in [9.17, 15) is 9.59 Å². The number of ether oxygens (including phenoxy) is 1. The Hall–Kier alpha value is -1.46. The Labute approximate surface area is 162 Å². The number of nitrogens with one attached hydrogen (secondary N) is 2. The van der Waals surface area contributed by atoms with E-state index in [1.807, 2.05) is 20.8 Å². The van der Waals surface area contributed by atoms with Gasteiger partial charge in [-0.3, -0.25) is 0 Å². The molecule has 5 rings (SSSR count). The zero-order chi connectivity index (χ0) is 19.2. The largest absolute Gasteiger partial charge is 0.444 e. The van der Waals surface area contributed by atoms with E-state index in [2.05, 4.69) is 10.6 Å². The number of urea groups is 1. The third-order valence-electron chi connectivity index (χ3n) is 6.83. The zero-order valence-corrected chi connectivity index (χ0v) is 17.1. The van der Waals surface area contributed by atoms with Gasteiger partial charge >= 0.3 is 12.1 Å². The van der Waals surface area contributed by atoms with E-state index in [4.69, 9.17) is 4.74 Å². The standard InChI is InChI=1S/C21H35N3O3/c1-20(2,3)27-19(26)24-6-4-5-17(13-24)22-18(25)23-21-10-14-7-15(11-21)9-16(8-14)12-21/h14-17H,4-13H2,1-3H3,(H2,22,23,25). The van der Waals surface area contributed by atoms with Gasteiger partial charge < -0.3 is 20.3 Å². The SMILES string of the molecule is CC(C)(C)OC(=O)N1CCCC(NC(=O)NC23CC4CC(CC(C4)C2)C3)C1. The number of carbonyl (C=O) groups is 2. The normalized spacial score (nSPS) is 37.8. The van der Waals surface area contributed by atoms with Gasteiger partial charge in [-0.15, -0.1) is 0 Å². The van der Waals surface area contributed by atoms with Crippen LogP contribution in [0.25, 0.3) is 0 Å². The van der Waals surface area contributed by atoms with Crippen LogP contribution in [0.2, 0.25) is 0 Å². The molecular weight excluding hydrogens is 342 g/mol. The molecule has 1 aliphatic heterocycles. The molecule has 27 heavy (non-hydrogen) atoms. The summed E-state index contributed by atoms with van der Waals surface area (Å²) in [5, 5.41) is 6.51. The van der Waals surface area contributed by atoms with Crippen LogP contribution < -0.4 is 10.6 Å². The number of hydrogen-bond donors (Lipinski definition) is 2. The van der Waals surface area contributed by atoms with Crippen molar-refractivity contribution in [3.05, 3.63) is 0 Å². The van der Waals surface area contributed by atoms with E-state index in [1.165, 1.54) is 19.3 Å². The number of amides is 3. The molecule has 1 atom stereocenters. The average Bonchev–Trinajstić information content (AvgIpc) is 2.51. The number of likely N-dealkylation sites (tertiary alicyclic amines) is 1. The molecule has 0 aromatic rings. The lowest BCUT2D eigenvalue weighted by atomic mass is 9.53. The Kier molecular flexibility index (Phi) is 4.79. The minimum atomic E-state index is -0.493. The summed E-state index contributed by atoms with van der Waals surface area (Å²) in [7, 11) is 0. The summed E-state index contributed by atoms with van der Waals surface area (Å²) < 4.78 is 5.48. The van der Waals surface area contributed by atoms with Gasteiger partial charge in [0.1, 0.15) is 5.60 Å². The van der Waals surface area contributed by atoms with Crippen molar-refractivity contribution in [1.29, 1.82) is 0 Å². The monoisotopic (exact) mass is 377 g/mol. The first-order valence-corrected chi connectivity index (χ1v) is 10.8. The van der Waals surface area contributed by atoms with Crippen molar-refractivity contribution < 1.29 is 14.3 Å². The van der Waals surface area contributed by atoms with E-state index >= 15 is 0 Å². The lowest BCUT2D eigenvalue weighted by molar-refractivity contribution is -0.0140. The highest BCUT2D eigenvalue weighted by molar-refractivity contribution is 5.75. The lowest BCUT2D eigenvalue weighted by Crippen LogP contribution is -2.63. The van der Waals surface area contributed by atoms with E-state index in [0.717, 1.165) is 49.9 Å². The van der Waals surface area contributed by atoms with Gasteiger partial charge in [0.25, 0.3) is 0 Å². The van der Waals surface area contributed by atoms with Crippen LogP contribution in [0.1, 0.15) is 72.1 Å². The molecule has 1 heterocycles. The van der Waals surface area contributed by atoms with Crippen molar-refractivity contribution in [3.8, 4) is 0 Å². The Morgan fingerprint density at radius 1 is 1.04 bits per heavy atom. The number of carbonyl (C=O) groups excluding carboxylic acids is 2. The second-order valence-corrected chi connectivity index (χ2v) is 10.6. The molecule has 0 aromatic carbocycles. The van der Waals surface area contributed by atoms with Crippen molar-refractivity contribution in [2.75, 3.05) is 13.1 Å². The second-order valence-electron chi connectivity index (χ2n) is 10.6. The molecular formula is C21H35N3O3. The van der Waals surface area contributed by atoms with E-state index in [1.54, 1.807) is 4.90 Å². The molecule has 1 saturated heterocycles. The summed E-state index contributed by atoms with van der Waals surface area (Å²) in [5.41, 5.74) is -0.467. The van der Waals surface area contributed by atoms with E-state index < -0.39 is 5.60 Å². The molecule has 4 aliphatic carbocycles. The van der Waals surface area contributed by atoms with Crippen molar-refractivity contribution in [1.82, 2.24) is 15.5 Å². The smallest absolute Gasteiger partial charge is 0.410 e. The van der Waals surface area contributed by atoms with Gasteiger partial charge in [-0.25, -0.2) is 9.59 Å². The molecule has 0 spiro atoms. The maximum atomic E-state index is 12.7. The minimum absolute atomic E-state index is 0.000167. The molecule has 0 aromatic heterocycles. The summed E-state index contributed by atoms with van der Waals surface area (Å²) >= 11 is 0. The molecule has 152 valence electrons. The fourth-order valence-electron chi connectivity index (χ4n) is 6.31. The Balaban J connectivity index is 1.30. The first-order valence-electron chi connectivity index (χ1n) is 10.8. The summed E-state index contributed by atoms with van der Waals surface area (Å²) in [5.74, 6) is 2.44. The molecule has 4 bridgehead atoms. The van der Waals surface area contributed by atoms with Crippen LogP contribution in [0.4, 0.5) is 9.59 Å². The molecule has 6 nitrogen and oxygen atoms in total. The van der Waals surface area contributed by atoms with Gasteiger partial charge in [-0.05, 0) is 89.9 Å². The van der Waals surface area contributed by atoms with Crippen molar-refractivity contribution in [3.63, 3.8) is 0 Å². The van der Waals surface area contributed by atoms with Crippen LogP contribution in [-0.4, -0.2) is 47.3 Å². The summed E-state index contributed by atoms with van der Waals surface area (Å²) in [6.07, 6.45) is 9.09. The predicted molar refractivity (Wildman–Crippen MR) is 103 cm³/mol. The fourth-order valence-corrected chi connectivity index (χ4v) is 6.31. The van der Waals surface area contributed by atoms with E-state index in [0.29, 0.717) is 13.1 Å². The van der Waals surface area contributed by atoms with Crippen LogP contribution in [0.5, 0.6) is 0 Å². The van der Waals surface area contributed by atoms with Crippen LogP contribution in [0.15, 0.2) is 0 Å². The molecule has 2 N–H and O–H groups in total. The summed E-state index contributed by atoms with van der Waals surface area (Å²) in [4.78, 5) is 26.8. The zero-order valence-electron chi connectivity index (χ0n) is 17.1. The Morgan fingerprint density at radius 3 is 2.19 bits per heavy atom. The Bertz CT molecular complexity index is 563. The summed E-state index contributed by atoms with van der Waals surface area (Å²) in [6, 6.07) is -0.0480. The topological polar surface area (TPSA) is 70.7 Å². The maximum absolute atomic E-state index is 12.7. The van der Waals surface area contributed by atoms with Gasteiger partial charge in [0.2, 0.25) is 0 Å². The number of hydrogen-bond acceptors (Lipinski definition) is 3. The van der Waals surface area contributed by atoms with Gasteiger partial charge in [-0.2, -0.15) is 0 Å². The molecule has 5 aliphatic rings. The van der Waals surface area contributed by atoms with Gasteiger partial charge in [0.15, 0.2) is 0 Å². The third-order valence-corrected chi connectivity index (χ3v) is 6.83. The van der Waals surface area contributed by atoms with Gasteiger partial charge in [0.05, 0.1) is 0 Å². The molecule has 6 heteroatoms. The number of rotatable bonds is 2. The Morgan fingerprint density at radius 2 is 1.63 bits per heavy atom. The predicted octanol–water partition coefficient (Wildman–Crippen LogP) is 3.65. The maximum Gasteiger partial charge on any atom is 0.410 e.